The number of thioether (sulfide) groups is 1. The maximum Gasteiger partial charge on any atom is 0.113 e. The van der Waals surface area contributed by atoms with Gasteiger partial charge in [0.25, 0.3) is 0 Å². The van der Waals surface area contributed by atoms with Crippen molar-refractivity contribution in [2.45, 2.75) is 75.6 Å². The van der Waals surface area contributed by atoms with Crippen LogP contribution in [0.4, 0.5) is 0 Å². The molecule has 0 aliphatic rings. The molecule has 1 atom stereocenters. The molecule has 1 aromatic heterocycles. The first-order chi connectivity index (χ1) is 22.0. The molecule has 0 aliphatic carbocycles. The Balaban J connectivity index is 1.60. The fraction of sp³-hybridized carbons (Fsp3) is 0.286. The maximum atomic E-state index is 4.96. The molecule has 0 saturated heterocycles. The van der Waals surface area contributed by atoms with E-state index >= 15 is 0 Å². The minimum atomic E-state index is -0.546. The van der Waals surface area contributed by atoms with Crippen LogP contribution in [0, 0.1) is 0 Å². The molecular formula is C42H45N3S. The van der Waals surface area contributed by atoms with Crippen molar-refractivity contribution in [3.63, 3.8) is 0 Å². The van der Waals surface area contributed by atoms with Gasteiger partial charge in [-0.25, -0.2) is 4.68 Å². The summed E-state index contributed by atoms with van der Waals surface area (Å²) in [6.07, 6.45) is 3.65. The van der Waals surface area contributed by atoms with E-state index in [0.717, 1.165) is 23.9 Å². The summed E-state index contributed by atoms with van der Waals surface area (Å²) in [4.78, 5) is 1.27. The van der Waals surface area contributed by atoms with Crippen LogP contribution >= 0.6 is 11.8 Å². The van der Waals surface area contributed by atoms with Gasteiger partial charge in [-0.05, 0) is 80.3 Å². The van der Waals surface area contributed by atoms with E-state index in [1.54, 1.807) is 11.8 Å². The Hall–Kier alpha value is -4.15. The lowest BCUT2D eigenvalue weighted by molar-refractivity contribution is 0.314. The van der Waals surface area contributed by atoms with Crippen LogP contribution in [0.2, 0.25) is 0 Å². The molecule has 0 N–H and O–H groups in total. The third-order valence-corrected chi connectivity index (χ3v) is 9.85. The minimum Gasteiger partial charge on any atom is -0.233 e. The van der Waals surface area contributed by atoms with Gasteiger partial charge in [0.1, 0.15) is 5.52 Å². The second-order valence-electron chi connectivity index (χ2n) is 14.5. The Morgan fingerprint density at radius 1 is 0.630 bits per heavy atom. The fourth-order valence-electron chi connectivity index (χ4n) is 7.03. The molecule has 0 fully saturated rings. The molecular weight excluding hydrogens is 579 g/mol. The molecule has 6 aromatic rings. The van der Waals surface area contributed by atoms with Crippen LogP contribution in [0.3, 0.4) is 0 Å². The molecule has 0 amide bonds. The molecule has 0 spiro atoms. The Morgan fingerprint density at radius 2 is 1.33 bits per heavy atom. The molecule has 1 unspecified atom stereocenters. The van der Waals surface area contributed by atoms with Crippen molar-refractivity contribution in [1.82, 2.24) is 15.0 Å². The molecule has 0 aliphatic heterocycles. The van der Waals surface area contributed by atoms with Gasteiger partial charge in [-0.15, -0.1) is 16.9 Å². The molecule has 6 rings (SSSR count). The Morgan fingerprint density at radius 3 is 2.02 bits per heavy atom. The summed E-state index contributed by atoms with van der Waals surface area (Å²) in [6.45, 7) is 14.0. The van der Waals surface area contributed by atoms with E-state index in [1.165, 1.54) is 43.8 Å². The van der Waals surface area contributed by atoms with E-state index < -0.39 is 5.54 Å². The number of benzene rings is 5. The predicted octanol–water partition coefficient (Wildman–Crippen LogP) is 10.6. The normalized spacial score (nSPS) is 13.5. The number of fused-ring (bicyclic) bond motifs is 1. The van der Waals surface area contributed by atoms with Gasteiger partial charge in [0.05, 0.1) is 11.1 Å². The van der Waals surface area contributed by atoms with Crippen molar-refractivity contribution in [3.05, 3.63) is 149 Å². The van der Waals surface area contributed by atoms with Gasteiger partial charge in [-0.3, -0.25) is 0 Å². The van der Waals surface area contributed by atoms with Crippen molar-refractivity contribution in [1.29, 1.82) is 0 Å². The van der Waals surface area contributed by atoms with Gasteiger partial charge in [0.15, 0.2) is 0 Å². The van der Waals surface area contributed by atoms with Crippen molar-refractivity contribution in [2.24, 2.45) is 0 Å². The fourth-order valence-corrected chi connectivity index (χ4v) is 7.44. The number of aromatic nitrogens is 3. The molecule has 0 bridgehead atoms. The van der Waals surface area contributed by atoms with Crippen LogP contribution in [-0.4, -0.2) is 21.2 Å². The van der Waals surface area contributed by atoms with E-state index in [2.05, 4.69) is 168 Å². The molecule has 5 aromatic carbocycles. The third kappa shape index (κ3) is 6.28. The van der Waals surface area contributed by atoms with Crippen LogP contribution < -0.4 is 0 Å². The monoisotopic (exact) mass is 623 g/mol. The van der Waals surface area contributed by atoms with Crippen molar-refractivity contribution in [2.75, 3.05) is 6.26 Å². The summed E-state index contributed by atoms with van der Waals surface area (Å²) >= 11 is 1.77. The molecule has 1 heterocycles. The average Bonchev–Trinajstić information content (AvgIpc) is 3.49. The Labute approximate surface area is 279 Å². The summed E-state index contributed by atoms with van der Waals surface area (Å²) in [5.74, 6) is 0. The van der Waals surface area contributed by atoms with E-state index in [0.29, 0.717) is 0 Å². The lowest BCUT2D eigenvalue weighted by Crippen LogP contribution is -2.41. The first kappa shape index (κ1) is 31.8. The van der Waals surface area contributed by atoms with E-state index in [-0.39, 0.29) is 10.8 Å². The van der Waals surface area contributed by atoms with Gasteiger partial charge in [-0.1, -0.05) is 144 Å². The zero-order chi connectivity index (χ0) is 32.5. The Kier molecular flexibility index (Phi) is 8.69. The molecule has 0 radical (unpaired) electrons. The first-order valence-electron chi connectivity index (χ1n) is 16.2. The molecule has 3 nitrogen and oxygen atoms in total. The number of hydrogen-bond acceptors (Lipinski definition) is 3. The van der Waals surface area contributed by atoms with E-state index in [4.69, 9.17) is 10.3 Å². The lowest BCUT2D eigenvalue weighted by atomic mass is 9.70. The zero-order valence-corrected chi connectivity index (χ0v) is 29.0. The zero-order valence-electron chi connectivity index (χ0n) is 28.2. The number of para-hydroxylation sites is 1. The van der Waals surface area contributed by atoms with Crippen molar-refractivity contribution >= 4 is 22.8 Å². The number of nitrogens with zero attached hydrogens (tertiary/aromatic N) is 3. The smallest absolute Gasteiger partial charge is 0.113 e. The number of rotatable bonds is 8. The Bertz CT molecular complexity index is 1940. The highest BCUT2D eigenvalue weighted by atomic mass is 32.2. The molecule has 0 saturated carbocycles. The van der Waals surface area contributed by atoms with E-state index in [9.17, 15) is 0 Å². The summed E-state index contributed by atoms with van der Waals surface area (Å²) in [5.41, 5.74) is 10.5. The second kappa shape index (κ2) is 12.6. The topological polar surface area (TPSA) is 30.7 Å². The van der Waals surface area contributed by atoms with Gasteiger partial charge in [0, 0.05) is 17.7 Å². The summed E-state index contributed by atoms with van der Waals surface area (Å²) < 4.78 is 2.22. The number of hydrogen-bond donors (Lipinski definition) is 0. The van der Waals surface area contributed by atoms with Gasteiger partial charge < -0.3 is 0 Å². The second-order valence-corrected chi connectivity index (χ2v) is 15.4. The van der Waals surface area contributed by atoms with E-state index in [1.807, 2.05) is 6.07 Å². The maximum absolute atomic E-state index is 4.96. The van der Waals surface area contributed by atoms with Crippen molar-refractivity contribution < 1.29 is 0 Å². The van der Waals surface area contributed by atoms with Gasteiger partial charge in [-0.2, -0.15) is 0 Å². The highest BCUT2D eigenvalue weighted by Crippen LogP contribution is 2.42. The molecule has 4 heteroatoms. The highest BCUT2D eigenvalue weighted by molar-refractivity contribution is 7.98. The van der Waals surface area contributed by atoms with Crippen LogP contribution in [0.1, 0.15) is 69.4 Å². The standard InChI is InChI=1S/C42H45N3S/c1-40(2,3)36-20-14-17-33(39(36)41(4,5)6)29-42(34-18-9-8-10-19-34,45-38-22-12-11-21-37(38)43-44-45)28-30-15-13-16-32(27-30)31-23-25-35(46-7)26-24-31/h8-27H,28-29H2,1-7H3. The average molecular weight is 624 g/mol. The minimum absolute atomic E-state index is 0.00808. The SMILES string of the molecule is CSc1ccc(-c2cccc(CC(Cc3cccc(C(C)(C)C)c3C(C)(C)C)(c3ccccc3)n3nnc4ccccc43)c2)cc1. The van der Waals surface area contributed by atoms with Crippen LogP contribution in [0.25, 0.3) is 22.2 Å². The van der Waals surface area contributed by atoms with Gasteiger partial charge >= 0.3 is 0 Å². The van der Waals surface area contributed by atoms with Crippen LogP contribution in [-0.2, 0) is 29.2 Å². The summed E-state index contributed by atoms with van der Waals surface area (Å²) in [6, 6.07) is 44.2. The van der Waals surface area contributed by atoms with Crippen LogP contribution in [0.5, 0.6) is 0 Å². The largest absolute Gasteiger partial charge is 0.233 e. The summed E-state index contributed by atoms with van der Waals surface area (Å²) in [5, 5.41) is 9.68. The van der Waals surface area contributed by atoms with Crippen LogP contribution in [0.15, 0.2) is 126 Å². The highest BCUT2D eigenvalue weighted by Gasteiger charge is 2.40. The molecule has 234 valence electrons. The third-order valence-electron chi connectivity index (χ3n) is 9.11. The molecule has 46 heavy (non-hydrogen) atoms. The predicted molar refractivity (Wildman–Crippen MR) is 196 cm³/mol. The quantitative estimate of drug-likeness (QED) is 0.158. The lowest BCUT2D eigenvalue weighted by Gasteiger charge is -2.39. The van der Waals surface area contributed by atoms with Crippen molar-refractivity contribution in [3.8, 4) is 11.1 Å². The summed E-state index contributed by atoms with van der Waals surface area (Å²) in [7, 11) is 0. The first-order valence-corrected chi connectivity index (χ1v) is 17.4. The van der Waals surface area contributed by atoms with Gasteiger partial charge in [0.2, 0.25) is 0 Å².